The monoisotopic (exact) mass is 442 g/mol. The van der Waals surface area contributed by atoms with Crippen LogP contribution >= 0.6 is 0 Å². The van der Waals surface area contributed by atoms with E-state index in [2.05, 4.69) is 41.2 Å². The molecular weight excluding hydrogens is 412 g/mol. The minimum Gasteiger partial charge on any atom is -0.487 e. The number of nitrogens with zero attached hydrogens (tertiary/aromatic N) is 3. The molecule has 0 radical (unpaired) electrons. The number of aromatic nitrogens is 2. The van der Waals surface area contributed by atoms with Crippen molar-refractivity contribution in [2.75, 3.05) is 19.6 Å². The lowest BCUT2D eigenvalue weighted by Gasteiger charge is -2.30. The fraction of sp³-hybridized carbons (Fsp3) is 0.259. The number of imidazole rings is 1. The first-order valence-corrected chi connectivity index (χ1v) is 11.4. The third-order valence-corrected chi connectivity index (χ3v) is 5.79. The summed E-state index contributed by atoms with van der Waals surface area (Å²) < 4.78 is 7.88. The zero-order valence-corrected chi connectivity index (χ0v) is 19.1. The number of likely N-dealkylation sites (N-methyl/N-ethyl adjacent to an activating group) is 1. The van der Waals surface area contributed by atoms with Crippen molar-refractivity contribution < 1.29 is 9.53 Å². The Balaban J connectivity index is 1.40. The van der Waals surface area contributed by atoms with Crippen LogP contribution in [0, 0.1) is 0 Å². The number of carbonyl (C=O) groups is 1. The molecule has 0 saturated heterocycles. The van der Waals surface area contributed by atoms with Crippen molar-refractivity contribution in [1.82, 2.24) is 19.6 Å². The standard InChI is InChI=1S/C27H30N4O2/c1-3-30(4-2)25(21-11-6-5-7-12-21)18-28-27(32)22-13-10-14-24(17-22)33-20-23-19-31-16-9-8-15-26(31)29-23/h5-17,19,25H,3-4,18,20H2,1-2H3,(H,28,32). The molecule has 4 aromatic rings. The van der Waals surface area contributed by atoms with E-state index in [4.69, 9.17) is 4.74 Å². The van der Waals surface area contributed by atoms with Gasteiger partial charge in [-0.15, -0.1) is 0 Å². The van der Waals surface area contributed by atoms with Crippen LogP contribution in [0.3, 0.4) is 0 Å². The van der Waals surface area contributed by atoms with Crippen LogP contribution in [0.1, 0.15) is 41.5 Å². The van der Waals surface area contributed by atoms with Crippen LogP contribution in [-0.4, -0.2) is 39.8 Å². The molecule has 0 spiro atoms. The van der Waals surface area contributed by atoms with Gasteiger partial charge in [0.2, 0.25) is 0 Å². The Morgan fingerprint density at radius 1 is 1.03 bits per heavy atom. The number of carbonyl (C=O) groups excluding carboxylic acids is 1. The summed E-state index contributed by atoms with van der Waals surface area (Å²) in [6.07, 6.45) is 3.90. The highest BCUT2D eigenvalue weighted by Crippen LogP contribution is 2.20. The van der Waals surface area contributed by atoms with Crippen molar-refractivity contribution in [1.29, 1.82) is 0 Å². The topological polar surface area (TPSA) is 58.9 Å². The molecule has 0 saturated carbocycles. The van der Waals surface area contributed by atoms with Gasteiger partial charge in [-0.3, -0.25) is 9.69 Å². The third-order valence-electron chi connectivity index (χ3n) is 5.79. The lowest BCUT2D eigenvalue weighted by molar-refractivity contribution is 0.0934. The number of amides is 1. The van der Waals surface area contributed by atoms with E-state index in [-0.39, 0.29) is 11.9 Å². The molecule has 0 aliphatic carbocycles. The summed E-state index contributed by atoms with van der Waals surface area (Å²) in [5.74, 6) is 0.532. The molecule has 0 fully saturated rings. The zero-order valence-electron chi connectivity index (χ0n) is 19.1. The van der Waals surface area contributed by atoms with E-state index >= 15 is 0 Å². The Morgan fingerprint density at radius 2 is 1.82 bits per heavy atom. The normalized spacial score (nSPS) is 12.1. The molecule has 2 aromatic heterocycles. The van der Waals surface area contributed by atoms with Gasteiger partial charge in [0.1, 0.15) is 18.0 Å². The Morgan fingerprint density at radius 3 is 2.58 bits per heavy atom. The number of hydrogen-bond acceptors (Lipinski definition) is 4. The van der Waals surface area contributed by atoms with Crippen LogP contribution in [0.5, 0.6) is 5.75 Å². The van der Waals surface area contributed by atoms with Gasteiger partial charge >= 0.3 is 0 Å². The fourth-order valence-corrected chi connectivity index (χ4v) is 4.03. The second kappa shape index (κ2) is 10.8. The van der Waals surface area contributed by atoms with Crippen molar-refractivity contribution in [3.63, 3.8) is 0 Å². The molecule has 1 amide bonds. The molecule has 2 aromatic carbocycles. The molecule has 6 nitrogen and oxygen atoms in total. The molecule has 1 unspecified atom stereocenters. The number of fused-ring (bicyclic) bond motifs is 1. The Kier molecular flexibility index (Phi) is 7.37. The maximum atomic E-state index is 12.9. The van der Waals surface area contributed by atoms with E-state index in [9.17, 15) is 4.79 Å². The summed E-state index contributed by atoms with van der Waals surface area (Å²) in [5.41, 5.74) is 3.49. The zero-order chi connectivity index (χ0) is 23.0. The minimum absolute atomic E-state index is 0.110. The molecule has 0 bridgehead atoms. The van der Waals surface area contributed by atoms with Gasteiger partial charge in [0, 0.05) is 24.5 Å². The first-order chi connectivity index (χ1) is 16.2. The predicted octanol–water partition coefficient (Wildman–Crippen LogP) is 4.73. The second-order valence-electron chi connectivity index (χ2n) is 7.87. The van der Waals surface area contributed by atoms with E-state index in [0.717, 1.165) is 24.4 Å². The average Bonchev–Trinajstić information content (AvgIpc) is 3.29. The summed E-state index contributed by atoms with van der Waals surface area (Å²) in [4.78, 5) is 19.8. The average molecular weight is 443 g/mol. The molecule has 4 rings (SSSR count). The highest BCUT2D eigenvalue weighted by Gasteiger charge is 2.19. The summed E-state index contributed by atoms with van der Waals surface area (Å²) in [7, 11) is 0. The molecule has 6 heteroatoms. The SMILES string of the molecule is CCN(CC)C(CNC(=O)c1cccc(OCc2cn3ccccc3n2)c1)c1ccccc1. The number of nitrogens with one attached hydrogen (secondary N) is 1. The smallest absolute Gasteiger partial charge is 0.251 e. The van der Waals surface area contributed by atoms with Gasteiger partial charge in [-0.1, -0.05) is 56.3 Å². The van der Waals surface area contributed by atoms with Crippen LogP contribution < -0.4 is 10.1 Å². The van der Waals surface area contributed by atoms with Crippen molar-refractivity contribution in [3.8, 4) is 5.75 Å². The van der Waals surface area contributed by atoms with Gasteiger partial charge < -0.3 is 14.5 Å². The van der Waals surface area contributed by atoms with Crippen LogP contribution in [0.15, 0.2) is 85.2 Å². The third kappa shape index (κ3) is 5.59. The van der Waals surface area contributed by atoms with Crippen molar-refractivity contribution >= 4 is 11.6 Å². The maximum Gasteiger partial charge on any atom is 0.251 e. The van der Waals surface area contributed by atoms with Crippen molar-refractivity contribution in [3.05, 3.63) is 102 Å². The van der Waals surface area contributed by atoms with Crippen LogP contribution in [0.2, 0.25) is 0 Å². The summed E-state index contributed by atoms with van der Waals surface area (Å²) in [6, 6.07) is 23.6. The molecular formula is C27H30N4O2. The van der Waals surface area contributed by atoms with E-state index in [1.165, 1.54) is 5.56 Å². The van der Waals surface area contributed by atoms with Gasteiger partial charge in [-0.05, 0) is 49.0 Å². The van der Waals surface area contributed by atoms with Crippen LogP contribution in [-0.2, 0) is 6.61 Å². The first-order valence-electron chi connectivity index (χ1n) is 11.4. The first kappa shape index (κ1) is 22.6. The maximum absolute atomic E-state index is 12.9. The van der Waals surface area contributed by atoms with Gasteiger partial charge in [0.25, 0.3) is 5.91 Å². The quantitative estimate of drug-likeness (QED) is 0.386. The molecule has 1 N–H and O–H groups in total. The Hall–Kier alpha value is -3.64. The van der Waals surface area contributed by atoms with E-state index in [1.807, 2.05) is 71.4 Å². The molecule has 1 atom stereocenters. The summed E-state index contributed by atoms with van der Waals surface area (Å²) in [6.45, 7) is 6.99. The largest absolute Gasteiger partial charge is 0.487 e. The molecule has 2 heterocycles. The highest BCUT2D eigenvalue weighted by atomic mass is 16.5. The lowest BCUT2D eigenvalue weighted by atomic mass is 10.0. The number of pyridine rings is 1. The Bertz CT molecular complexity index is 1150. The minimum atomic E-state index is -0.110. The molecule has 33 heavy (non-hydrogen) atoms. The van der Waals surface area contributed by atoms with Crippen molar-refractivity contribution in [2.24, 2.45) is 0 Å². The number of ether oxygens (including phenoxy) is 1. The van der Waals surface area contributed by atoms with Gasteiger partial charge in [-0.25, -0.2) is 4.98 Å². The van der Waals surface area contributed by atoms with Gasteiger partial charge in [0.05, 0.1) is 11.7 Å². The van der Waals surface area contributed by atoms with Crippen LogP contribution in [0.4, 0.5) is 0 Å². The summed E-state index contributed by atoms with van der Waals surface area (Å²) >= 11 is 0. The number of benzene rings is 2. The molecule has 170 valence electrons. The van der Waals surface area contributed by atoms with Crippen molar-refractivity contribution in [2.45, 2.75) is 26.5 Å². The van der Waals surface area contributed by atoms with Gasteiger partial charge in [-0.2, -0.15) is 0 Å². The van der Waals surface area contributed by atoms with E-state index < -0.39 is 0 Å². The van der Waals surface area contributed by atoms with E-state index in [1.54, 1.807) is 6.07 Å². The number of hydrogen-bond donors (Lipinski definition) is 1. The number of rotatable bonds is 10. The Labute approximate surface area is 194 Å². The molecule has 0 aliphatic rings. The lowest BCUT2D eigenvalue weighted by Crippen LogP contribution is -2.38. The highest BCUT2D eigenvalue weighted by molar-refractivity contribution is 5.94. The molecule has 0 aliphatic heterocycles. The van der Waals surface area contributed by atoms with E-state index in [0.29, 0.717) is 24.5 Å². The second-order valence-corrected chi connectivity index (χ2v) is 7.87. The van der Waals surface area contributed by atoms with Gasteiger partial charge in [0.15, 0.2) is 0 Å². The van der Waals surface area contributed by atoms with Crippen LogP contribution in [0.25, 0.3) is 5.65 Å². The fourth-order valence-electron chi connectivity index (χ4n) is 4.03. The predicted molar refractivity (Wildman–Crippen MR) is 130 cm³/mol. The summed E-state index contributed by atoms with van der Waals surface area (Å²) in [5, 5.41) is 3.11.